The fraction of sp³-hybridized carbons (Fsp3) is 0.391. The van der Waals surface area contributed by atoms with Crippen LogP contribution < -0.4 is 10.6 Å². The number of likely N-dealkylation sites (tertiary alicyclic amines) is 1. The van der Waals surface area contributed by atoms with Crippen LogP contribution in [0.15, 0.2) is 54.6 Å². The SMILES string of the molecule is Cc1cccc(NC(=O)N2CCC(CCNC(=O)Cc3ccccc3)CC2)c1. The summed E-state index contributed by atoms with van der Waals surface area (Å²) in [6.45, 7) is 4.24. The lowest BCUT2D eigenvalue weighted by Crippen LogP contribution is -2.41. The van der Waals surface area contributed by atoms with Crippen LogP contribution in [0.4, 0.5) is 10.5 Å². The number of benzene rings is 2. The Hall–Kier alpha value is -2.82. The molecular formula is C23H29N3O2. The molecule has 5 nitrogen and oxygen atoms in total. The fourth-order valence-electron chi connectivity index (χ4n) is 3.61. The molecule has 0 aromatic heterocycles. The smallest absolute Gasteiger partial charge is 0.321 e. The van der Waals surface area contributed by atoms with Crippen molar-refractivity contribution in [2.24, 2.45) is 5.92 Å². The summed E-state index contributed by atoms with van der Waals surface area (Å²) in [5.74, 6) is 0.626. The maximum absolute atomic E-state index is 12.4. The van der Waals surface area contributed by atoms with Gasteiger partial charge in [-0.3, -0.25) is 4.79 Å². The van der Waals surface area contributed by atoms with Crippen LogP contribution in [0.5, 0.6) is 0 Å². The summed E-state index contributed by atoms with van der Waals surface area (Å²) in [5.41, 5.74) is 3.01. The molecular weight excluding hydrogens is 350 g/mol. The van der Waals surface area contributed by atoms with Gasteiger partial charge in [0.1, 0.15) is 0 Å². The number of rotatable bonds is 6. The van der Waals surface area contributed by atoms with E-state index in [4.69, 9.17) is 0 Å². The van der Waals surface area contributed by atoms with Gasteiger partial charge in [0.25, 0.3) is 0 Å². The zero-order valence-corrected chi connectivity index (χ0v) is 16.5. The summed E-state index contributed by atoms with van der Waals surface area (Å²) < 4.78 is 0. The third-order valence-electron chi connectivity index (χ3n) is 5.25. The Balaban J connectivity index is 1.34. The number of anilines is 1. The minimum atomic E-state index is -0.0276. The summed E-state index contributed by atoms with van der Waals surface area (Å²) >= 11 is 0. The van der Waals surface area contributed by atoms with Gasteiger partial charge in [-0.05, 0) is 55.4 Å². The average Bonchev–Trinajstić information content (AvgIpc) is 2.69. The zero-order valence-electron chi connectivity index (χ0n) is 16.5. The van der Waals surface area contributed by atoms with Crippen LogP contribution in [-0.4, -0.2) is 36.5 Å². The molecule has 0 unspecified atom stereocenters. The van der Waals surface area contributed by atoms with Crippen LogP contribution in [0.2, 0.25) is 0 Å². The van der Waals surface area contributed by atoms with Crippen LogP contribution >= 0.6 is 0 Å². The first kappa shape index (κ1) is 19.9. The molecule has 3 rings (SSSR count). The largest absolute Gasteiger partial charge is 0.356 e. The van der Waals surface area contributed by atoms with Crippen molar-refractivity contribution >= 4 is 17.6 Å². The maximum Gasteiger partial charge on any atom is 0.321 e. The number of carbonyl (C=O) groups excluding carboxylic acids is 2. The lowest BCUT2D eigenvalue weighted by molar-refractivity contribution is -0.120. The lowest BCUT2D eigenvalue weighted by atomic mass is 9.93. The fourth-order valence-corrected chi connectivity index (χ4v) is 3.61. The number of urea groups is 1. The highest BCUT2D eigenvalue weighted by atomic mass is 16.2. The Kier molecular flexibility index (Phi) is 7.06. The number of nitrogens with zero attached hydrogens (tertiary/aromatic N) is 1. The summed E-state index contributed by atoms with van der Waals surface area (Å²) in [7, 11) is 0. The molecule has 1 fully saturated rings. The van der Waals surface area contributed by atoms with Crippen LogP contribution in [0.25, 0.3) is 0 Å². The number of piperidine rings is 1. The second kappa shape index (κ2) is 9.93. The minimum absolute atomic E-state index is 0.0276. The summed E-state index contributed by atoms with van der Waals surface area (Å²) in [6.07, 6.45) is 3.36. The van der Waals surface area contributed by atoms with E-state index in [0.717, 1.165) is 49.2 Å². The third kappa shape index (κ3) is 6.12. The van der Waals surface area contributed by atoms with Crippen LogP contribution in [0.3, 0.4) is 0 Å². The molecule has 1 aliphatic rings. The van der Waals surface area contributed by atoms with E-state index in [1.165, 1.54) is 0 Å². The van der Waals surface area contributed by atoms with Gasteiger partial charge >= 0.3 is 6.03 Å². The predicted octanol–water partition coefficient (Wildman–Crippen LogP) is 3.99. The molecule has 28 heavy (non-hydrogen) atoms. The van der Waals surface area contributed by atoms with Crippen LogP contribution in [-0.2, 0) is 11.2 Å². The number of carbonyl (C=O) groups is 2. The molecule has 1 saturated heterocycles. The average molecular weight is 380 g/mol. The topological polar surface area (TPSA) is 61.4 Å². The van der Waals surface area contributed by atoms with E-state index in [1.54, 1.807) is 0 Å². The van der Waals surface area contributed by atoms with E-state index in [0.29, 0.717) is 18.9 Å². The standard InChI is InChI=1S/C23H29N3O2/c1-18-6-5-9-21(16-18)25-23(28)26-14-11-19(12-15-26)10-13-24-22(27)17-20-7-3-2-4-8-20/h2-9,16,19H,10-15,17H2,1H3,(H,24,27)(H,25,28). The Bertz CT molecular complexity index is 783. The quantitative estimate of drug-likeness (QED) is 0.797. The molecule has 148 valence electrons. The number of hydrogen-bond acceptors (Lipinski definition) is 2. The first-order valence-electron chi connectivity index (χ1n) is 10.0. The Labute approximate surface area is 167 Å². The molecule has 0 atom stereocenters. The van der Waals surface area contributed by atoms with Gasteiger partial charge in [-0.25, -0.2) is 4.79 Å². The number of hydrogen-bond donors (Lipinski definition) is 2. The summed E-state index contributed by atoms with van der Waals surface area (Å²) in [6, 6.07) is 17.6. The van der Waals surface area contributed by atoms with Crippen LogP contribution in [0.1, 0.15) is 30.4 Å². The van der Waals surface area contributed by atoms with E-state index >= 15 is 0 Å². The molecule has 2 N–H and O–H groups in total. The normalized spacial score (nSPS) is 14.5. The number of amides is 3. The van der Waals surface area contributed by atoms with Gasteiger partial charge in [0.2, 0.25) is 5.91 Å². The van der Waals surface area contributed by atoms with Gasteiger partial charge in [0.15, 0.2) is 0 Å². The van der Waals surface area contributed by atoms with Gasteiger partial charge in [-0.2, -0.15) is 0 Å². The van der Waals surface area contributed by atoms with Gasteiger partial charge in [-0.15, -0.1) is 0 Å². The van der Waals surface area contributed by atoms with Crippen LogP contribution in [0, 0.1) is 12.8 Å². The van der Waals surface area contributed by atoms with Crippen molar-refractivity contribution in [3.05, 3.63) is 65.7 Å². The van der Waals surface area contributed by atoms with Crippen molar-refractivity contribution in [2.75, 3.05) is 25.0 Å². The van der Waals surface area contributed by atoms with Gasteiger partial charge < -0.3 is 15.5 Å². The van der Waals surface area contributed by atoms with Gasteiger partial charge in [0.05, 0.1) is 6.42 Å². The highest BCUT2D eigenvalue weighted by molar-refractivity contribution is 5.89. The van der Waals surface area contributed by atoms with E-state index < -0.39 is 0 Å². The first-order valence-corrected chi connectivity index (χ1v) is 10.0. The predicted molar refractivity (Wildman–Crippen MR) is 112 cm³/mol. The number of aryl methyl sites for hydroxylation is 1. The molecule has 0 saturated carbocycles. The maximum atomic E-state index is 12.4. The van der Waals surface area contributed by atoms with Crippen molar-refractivity contribution in [1.29, 1.82) is 0 Å². The molecule has 1 heterocycles. The van der Waals surface area contributed by atoms with E-state index in [1.807, 2.05) is 66.4 Å². The summed E-state index contributed by atoms with van der Waals surface area (Å²) in [4.78, 5) is 26.3. The third-order valence-corrected chi connectivity index (χ3v) is 5.25. The second-order valence-corrected chi connectivity index (χ2v) is 7.53. The highest BCUT2D eigenvalue weighted by Crippen LogP contribution is 2.21. The van der Waals surface area contributed by atoms with Crippen molar-refractivity contribution in [1.82, 2.24) is 10.2 Å². The molecule has 2 aromatic rings. The van der Waals surface area contributed by atoms with Gasteiger partial charge in [0, 0.05) is 25.3 Å². The Morgan fingerprint density at radius 2 is 1.79 bits per heavy atom. The first-order chi connectivity index (χ1) is 13.6. The molecule has 2 aromatic carbocycles. The van der Waals surface area contributed by atoms with Crippen molar-refractivity contribution < 1.29 is 9.59 Å². The zero-order chi connectivity index (χ0) is 19.8. The summed E-state index contributed by atoms with van der Waals surface area (Å²) in [5, 5.41) is 6.00. The number of nitrogens with one attached hydrogen (secondary N) is 2. The molecule has 0 bridgehead atoms. The molecule has 1 aliphatic heterocycles. The Morgan fingerprint density at radius 1 is 1.04 bits per heavy atom. The van der Waals surface area contributed by atoms with E-state index in [-0.39, 0.29) is 11.9 Å². The van der Waals surface area contributed by atoms with E-state index in [2.05, 4.69) is 10.6 Å². The molecule has 5 heteroatoms. The molecule has 3 amide bonds. The molecule has 0 aliphatic carbocycles. The monoisotopic (exact) mass is 379 g/mol. The highest BCUT2D eigenvalue weighted by Gasteiger charge is 2.22. The minimum Gasteiger partial charge on any atom is -0.356 e. The van der Waals surface area contributed by atoms with Crippen molar-refractivity contribution in [3.8, 4) is 0 Å². The van der Waals surface area contributed by atoms with E-state index in [9.17, 15) is 9.59 Å². The van der Waals surface area contributed by atoms with Crippen molar-refractivity contribution in [3.63, 3.8) is 0 Å². The van der Waals surface area contributed by atoms with Gasteiger partial charge in [-0.1, -0.05) is 42.5 Å². The van der Waals surface area contributed by atoms with Crippen molar-refractivity contribution in [2.45, 2.75) is 32.6 Å². The molecule has 0 spiro atoms. The molecule has 0 radical (unpaired) electrons. The lowest BCUT2D eigenvalue weighted by Gasteiger charge is -2.32. The second-order valence-electron chi connectivity index (χ2n) is 7.53. The Morgan fingerprint density at radius 3 is 2.50 bits per heavy atom.